The second-order valence-electron chi connectivity index (χ2n) is 3.31. The fourth-order valence-electron chi connectivity index (χ4n) is 1.30. The highest BCUT2D eigenvalue weighted by Gasteiger charge is 2.19. The van der Waals surface area contributed by atoms with Gasteiger partial charge in [0.15, 0.2) is 4.47 Å². The minimum absolute atomic E-state index is 0.139. The summed E-state index contributed by atoms with van der Waals surface area (Å²) in [4.78, 5) is 16.9. The normalized spacial score (nSPS) is 13.0. The molecule has 0 amide bonds. The summed E-state index contributed by atoms with van der Waals surface area (Å²) in [6.07, 6.45) is 1.39. The molecule has 1 unspecified atom stereocenters. The third-order valence-electron chi connectivity index (χ3n) is 2.12. The first-order valence-electron chi connectivity index (χ1n) is 4.62. The van der Waals surface area contributed by atoms with Gasteiger partial charge in [-0.15, -0.1) is 11.3 Å². The van der Waals surface area contributed by atoms with Crippen LogP contribution in [-0.2, 0) is 6.54 Å². The molecule has 16 heavy (non-hydrogen) atoms. The summed E-state index contributed by atoms with van der Waals surface area (Å²) in [6.45, 7) is 0.448. The van der Waals surface area contributed by atoms with E-state index < -0.39 is 0 Å². The van der Waals surface area contributed by atoms with Gasteiger partial charge in [-0.25, -0.2) is 4.98 Å². The molecule has 0 spiro atoms. The molecule has 1 aromatic rings. The Balaban J connectivity index is 2.55. The second kappa shape index (κ2) is 6.09. The average Bonchev–Trinajstić information content (AvgIpc) is 2.60. The van der Waals surface area contributed by atoms with E-state index in [1.54, 1.807) is 13.2 Å². The summed E-state index contributed by atoms with van der Waals surface area (Å²) in [5.74, 6) is 0. The number of thiazole rings is 1. The summed E-state index contributed by atoms with van der Waals surface area (Å²) >= 11 is 7.08. The quantitative estimate of drug-likeness (QED) is 0.472. The molecule has 0 fully saturated rings. The van der Waals surface area contributed by atoms with Gasteiger partial charge in [0.2, 0.25) is 6.54 Å². The van der Waals surface area contributed by atoms with Gasteiger partial charge in [0.05, 0.1) is 0 Å². The van der Waals surface area contributed by atoms with Gasteiger partial charge in [-0.1, -0.05) is 11.6 Å². The zero-order valence-corrected chi connectivity index (χ0v) is 10.6. The van der Waals surface area contributed by atoms with Crippen LogP contribution in [0.5, 0.6) is 0 Å². The molecule has 0 saturated heterocycles. The van der Waals surface area contributed by atoms with E-state index >= 15 is 0 Å². The van der Waals surface area contributed by atoms with Gasteiger partial charge in [-0.05, 0) is 14.1 Å². The predicted octanol–water partition coefficient (Wildman–Crippen LogP) is 1.05. The molecule has 1 rings (SSSR count). The van der Waals surface area contributed by atoms with E-state index in [-0.39, 0.29) is 17.6 Å². The Morgan fingerprint density at radius 2 is 2.50 bits per heavy atom. The van der Waals surface area contributed by atoms with Crippen LogP contribution in [0, 0.1) is 10.1 Å². The lowest BCUT2D eigenvalue weighted by Gasteiger charge is -2.23. The number of rotatable bonds is 6. The highest BCUT2D eigenvalue weighted by molar-refractivity contribution is 7.15. The van der Waals surface area contributed by atoms with Gasteiger partial charge in [0.1, 0.15) is 6.17 Å². The molecule has 1 aromatic heterocycles. The van der Waals surface area contributed by atoms with Crippen molar-refractivity contribution in [1.82, 2.24) is 15.2 Å². The van der Waals surface area contributed by atoms with E-state index in [1.807, 2.05) is 11.9 Å². The molecule has 0 aliphatic carbocycles. The maximum absolute atomic E-state index is 10.4. The van der Waals surface area contributed by atoms with Crippen molar-refractivity contribution in [1.29, 1.82) is 0 Å². The van der Waals surface area contributed by atoms with Crippen molar-refractivity contribution in [2.24, 2.45) is 0 Å². The van der Waals surface area contributed by atoms with Crippen molar-refractivity contribution in [3.63, 3.8) is 0 Å². The van der Waals surface area contributed by atoms with E-state index in [0.717, 1.165) is 4.88 Å². The van der Waals surface area contributed by atoms with Crippen LogP contribution in [0.4, 0.5) is 0 Å². The number of nitrogens with zero attached hydrogens (tertiary/aromatic N) is 3. The van der Waals surface area contributed by atoms with E-state index in [2.05, 4.69) is 10.3 Å². The van der Waals surface area contributed by atoms with E-state index in [4.69, 9.17) is 11.6 Å². The van der Waals surface area contributed by atoms with Crippen molar-refractivity contribution < 1.29 is 4.92 Å². The average molecular weight is 265 g/mol. The zero-order valence-electron chi connectivity index (χ0n) is 9.01. The van der Waals surface area contributed by atoms with Crippen LogP contribution in [0.25, 0.3) is 0 Å². The molecule has 90 valence electrons. The maximum atomic E-state index is 10.4. The maximum Gasteiger partial charge on any atom is 0.232 e. The Labute approximate surface area is 102 Å². The Hall–Kier alpha value is -0.760. The van der Waals surface area contributed by atoms with Crippen molar-refractivity contribution >= 4 is 22.9 Å². The van der Waals surface area contributed by atoms with E-state index in [0.29, 0.717) is 11.0 Å². The molecule has 1 N–H and O–H groups in total. The highest BCUT2D eigenvalue weighted by Crippen LogP contribution is 2.19. The number of nitrogens with one attached hydrogen (secondary N) is 1. The Morgan fingerprint density at radius 1 is 1.81 bits per heavy atom. The van der Waals surface area contributed by atoms with Gasteiger partial charge >= 0.3 is 0 Å². The van der Waals surface area contributed by atoms with Crippen molar-refractivity contribution in [2.45, 2.75) is 12.7 Å². The first kappa shape index (κ1) is 13.3. The summed E-state index contributed by atoms with van der Waals surface area (Å²) < 4.78 is 0.485. The minimum atomic E-state index is -0.336. The summed E-state index contributed by atoms with van der Waals surface area (Å²) in [5, 5.41) is 13.3. The highest BCUT2D eigenvalue weighted by atomic mass is 35.5. The number of hydrogen-bond acceptors (Lipinski definition) is 6. The molecule has 0 saturated carbocycles. The molecule has 0 bridgehead atoms. The fraction of sp³-hybridized carbons (Fsp3) is 0.625. The van der Waals surface area contributed by atoms with Gasteiger partial charge in [-0.2, -0.15) is 0 Å². The Morgan fingerprint density at radius 3 is 2.94 bits per heavy atom. The smallest absolute Gasteiger partial charge is 0.232 e. The molecule has 6 nitrogen and oxygen atoms in total. The number of aromatic nitrogens is 1. The molecule has 0 aromatic carbocycles. The number of likely N-dealkylation sites (N-methyl/N-ethyl adjacent to an activating group) is 2. The van der Waals surface area contributed by atoms with Crippen LogP contribution in [0.15, 0.2) is 6.20 Å². The number of nitro groups is 1. The molecule has 0 aliphatic rings. The number of hydrogen-bond donors (Lipinski definition) is 1. The molecule has 0 radical (unpaired) electrons. The summed E-state index contributed by atoms with van der Waals surface area (Å²) in [6, 6.07) is 0. The van der Waals surface area contributed by atoms with Crippen LogP contribution in [-0.4, -0.2) is 41.6 Å². The van der Waals surface area contributed by atoms with Crippen LogP contribution >= 0.6 is 22.9 Å². The first-order chi connectivity index (χ1) is 7.52. The largest absolute Gasteiger partial charge is 0.299 e. The lowest BCUT2D eigenvalue weighted by Crippen LogP contribution is -2.45. The van der Waals surface area contributed by atoms with E-state index in [9.17, 15) is 10.1 Å². The SMILES string of the molecule is CNC(C[N+](=O)[O-])N(C)Cc1cnc(Cl)s1. The predicted molar refractivity (Wildman–Crippen MR) is 63.3 cm³/mol. The summed E-state index contributed by atoms with van der Waals surface area (Å²) in [7, 11) is 3.52. The molecule has 1 heterocycles. The standard InChI is InChI=1S/C8H13ClN4O2S/c1-10-7(5-13(14)15)12(2)4-6-3-11-8(9)16-6/h3,7,10H,4-5H2,1-2H3. The Bertz CT molecular complexity index is 360. The zero-order chi connectivity index (χ0) is 12.1. The van der Waals surface area contributed by atoms with Crippen LogP contribution in [0.2, 0.25) is 4.47 Å². The van der Waals surface area contributed by atoms with Crippen LogP contribution < -0.4 is 5.32 Å². The Kier molecular flexibility index (Phi) is 5.07. The molecule has 1 atom stereocenters. The molecular weight excluding hydrogens is 252 g/mol. The lowest BCUT2D eigenvalue weighted by molar-refractivity contribution is -0.487. The van der Waals surface area contributed by atoms with Crippen LogP contribution in [0.3, 0.4) is 0 Å². The van der Waals surface area contributed by atoms with Crippen LogP contribution in [0.1, 0.15) is 4.88 Å². The third-order valence-corrected chi connectivity index (χ3v) is 3.22. The third kappa shape index (κ3) is 4.01. The van der Waals surface area contributed by atoms with Crippen molar-refractivity contribution in [2.75, 3.05) is 20.6 Å². The van der Waals surface area contributed by atoms with Gasteiger partial charge in [-0.3, -0.25) is 20.3 Å². The monoisotopic (exact) mass is 264 g/mol. The van der Waals surface area contributed by atoms with Crippen molar-refractivity contribution in [3.8, 4) is 0 Å². The topological polar surface area (TPSA) is 71.3 Å². The van der Waals surface area contributed by atoms with Crippen molar-refractivity contribution in [3.05, 3.63) is 25.7 Å². The molecule has 0 aliphatic heterocycles. The van der Waals surface area contributed by atoms with Gasteiger partial charge < -0.3 is 0 Å². The van der Waals surface area contributed by atoms with E-state index in [1.165, 1.54) is 11.3 Å². The second-order valence-corrected chi connectivity index (χ2v) is 5.01. The molecular formula is C8H13ClN4O2S. The lowest BCUT2D eigenvalue weighted by atomic mass is 10.4. The first-order valence-corrected chi connectivity index (χ1v) is 5.82. The fourth-order valence-corrected chi connectivity index (χ4v) is 2.35. The number of halogens is 1. The van der Waals surface area contributed by atoms with Gasteiger partial charge in [0.25, 0.3) is 0 Å². The molecule has 8 heteroatoms. The summed E-state index contributed by atoms with van der Waals surface area (Å²) in [5.41, 5.74) is 0. The van der Waals surface area contributed by atoms with Gasteiger partial charge in [0, 0.05) is 22.5 Å². The minimum Gasteiger partial charge on any atom is -0.299 e.